The standard InChI is InChI=1S/C10H12S/c1-9(2)11-8-10-6-4-3-5-7-10/h3-7,9H,1-2,8H2. The molecular formula is C10H12S. The molecule has 0 aliphatic heterocycles. The molecule has 0 fully saturated rings. The average molecular weight is 164 g/mol. The van der Waals surface area contributed by atoms with E-state index in [1.165, 1.54) is 5.56 Å². The van der Waals surface area contributed by atoms with Gasteiger partial charge >= 0.3 is 0 Å². The second-order valence-corrected chi connectivity index (χ2v) is 3.71. The van der Waals surface area contributed by atoms with Gasteiger partial charge in [-0.25, -0.2) is 0 Å². The third-order valence-corrected chi connectivity index (χ3v) is 2.30. The Kier molecular flexibility index (Phi) is 3.50. The van der Waals surface area contributed by atoms with Gasteiger partial charge in [0.1, 0.15) is 0 Å². The normalized spacial score (nSPS) is 10.5. The summed E-state index contributed by atoms with van der Waals surface area (Å²) in [6.45, 7) is 7.61. The van der Waals surface area contributed by atoms with Crippen LogP contribution < -0.4 is 0 Å². The lowest BCUT2D eigenvalue weighted by Crippen LogP contribution is -1.88. The van der Waals surface area contributed by atoms with Gasteiger partial charge in [-0.05, 0) is 19.4 Å². The summed E-state index contributed by atoms with van der Waals surface area (Å²) in [4.78, 5) is 0. The van der Waals surface area contributed by atoms with Crippen molar-refractivity contribution in [1.29, 1.82) is 0 Å². The lowest BCUT2D eigenvalue weighted by molar-refractivity contribution is 1.36. The van der Waals surface area contributed by atoms with E-state index in [9.17, 15) is 0 Å². The van der Waals surface area contributed by atoms with E-state index in [4.69, 9.17) is 0 Å². The first kappa shape index (κ1) is 8.66. The maximum atomic E-state index is 3.81. The minimum atomic E-state index is 0.232. The number of rotatable bonds is 3. The molecule has 0 spiro atoms. The van der Waals surface area contributed by atoms with Crippen LogP contribution in [0.3, 0.4) is 0 Å². The van der Waals surface area contributed by atoms with E-state index in [-0.39, 0.29) is 5.25 Å². The fourth-order valence-electron chi connectivity index (χ4n) is 0.788. The van der Waals surface area contributed by atoms with Gasteiger partial charge < -0.3 is 0 Å². The van der Waals surface area contributed by atoms with Crippen molar-refractivity contribution < 1.29 is 0 Å². The van der Waals surface area contributed by atoms with Gasteiger partial charge in [-0.3, -0.25) is 0 Å². The Bertz CT molecular complexity index is 191. The van der Waals surface area contributed by atoms with Gasteiger partial charge in [-0.1, -0.05) is 30.3 Å². The molecule has 0 aliphatic rings. The molecule has 1 heteroatoms. The number of hydrogen-bond acceptors (Lipinski definition) is 1. The van der Waals surface area contributed by atoms with Gasteiger partial charge in [-0.15, -0.1) is 0 Å². The molecular weight excluding hydrogens is 152 g/mol. The summed E-state index contributed by atoms with van der Waals surface area (Å²) in [5.41, 5.74) is 1.34. The fourth-order valence-corrected chi connectivity index (χ4v) is 1.41. The highest BCUT2D eigenvalue weighted by atomic mass is 32.2. The van der Waals surface area contributed by atoms with Crippen LogP contribution in [0.15, 0.2) is 30.3 Å². The fraction of sp³-hybridized carbons (Fsp3) is 0.200. The van der Waals surface area contributed by atoms with Crippen LogP contribution in [-0.2, 0) is 5.75 Å². The van der Waals surface area contributed by atoms with E-state index in [0.29, 0.717) is 0 Å². The molecule has 0 unspecified atom stereocenters. The zero-order valence-corrected chi connectivity index (χ0v) is 7.31. The van der Waals surface area contributed by atoms with Crippen LogP contribution in [0, 0.1) is 13.8 Å². The molecule has 58 valence electrons. The van der Waals surface area contributed by atoms with Crippen LogP contribution >= 0.6 is 11.8 Å². The van der Waals surface area contributed by atoms with Gasteiger partial charge in [0.2, 0.25) is 0 Å². The molecule has 0 saturated heterocycles. The van der Waals surface area contributed by atoms with Crippen molar-refractivity contribution in [3.8, 4) is 0 Å². The average Bonchev–Trinajstić information content (AvgIpc) is 2.03. The molecule has 0 N–H and O–H groups in total. The molecule has 0 nitrogen and oxygen atoms in total. The van der Waals surface area contributed by atoms with Crippen LogP contribution in [0.5, 0.6) is 0 Å². The summed E-state index contributed by atoms with van der Waals surface area (Å²) >= 11 is 1.76. The van der Waals surface area contributed by atoms with Crippen LogP contribution in [0.2, 0.25) is 0 Å². The maximum Gasteiger partial charge on any atom is 0.0187 e. The zero-order valence-electron chi connectivity index (χ0n) is 6.49. The van der Waals surface area contributed by atoms with Crippen LogP contribution in [0.4, 0.5) is 0 Å². The Balaban J connectivity index is 2.39. The Hall–Kier alpha value is -0.430. The quantitative estimate of drug-likeness (QED) is 0.662. The van der Waals surface area contributed by atoms with Gasteiger partial charge in [-0.2, -0.15) is 11.8 Å². The molecule has 0 bridgehead atoms. The number of thioether (sulfide) groups is 1. The van der Waals surface area contributed by atoms with Crippen molar-refractivity contribution in [2.45, 2.75) is 11.0 Å². The summed E-state index contributed by atoms with van der Waals surface area (Å²) in [5, 5.41) is 0.232. The lowest BCUT2D eigenvalue weighted by Gasteiger charge is -2.03. The zero-order chi connectivity index (χ0) is 8.10. The maximum absolute atomic E-state index is 3.81. The van der Waals surface area contributed by atoms with Crippen LogP contribution in [0.1, 0.15) is 5.56 Å². The summed E-state index contributed by atoms with van der Waals surface area (Å²) in [6, 6.07) is 10.4. The molecule has 0 atom stereocenters. The van der Waals surface area contributed by atoms with Crippen molar-refractivity contribution >= 4 is 11.8 Å². The second-order valence-electron chi connectivity index (χ2n) is 2.42. The predicted molar refractivity (Wildman–Crippen MR) is 52.2 cm³/mol. The van der Waals surface area contributed by atoms with E-state index in [2.05, 4.69) is 38.1 Å². The first-order chi connectivity index (χ1) is 5.29. The molecule has 0 aromatic heterocycles. The van der Waals surface area contributed by atoms with Crippen molar-refractivity contribution in [1.82, 2.24) is 0 Å². The minimum Gasteiger partial charge on any atom is -0.154 e. The topological polar surface area (TPSA) is 0 Å². The van der Waals surface area contributed by atoms with Crippen LogP contribution in [0.25, 0.3) is 0 Å². The van der Waals surface area contributed by atoms with Gasteiger partial charge in [0.25, 0.3) is 0 Å². The highest BCUT2D eigenvalue weighted by Crippen LogP contribution is 2.15. The smallest absolute Gasteiger partial charge is 0.0187 e. The highest BCUT2D eigenvalue weighted by molar-refractivity contribution is 7.99. The van der Waals surface area contributed by atoms with Crippen molar-refractivity contribution in [2.24, 2.45) is 0 Å². The molecule has 1 aromatic carbocycles. The molecule has 1 rings (SSSR count). The van der Waals surface area contributed by atoms with Crippen molar-refractivity contribution in [3.05, 3.63) is 49.7 Å². The molecule has 1 aromatic rings. The minimum absolute atomic E-state index is 0.232. The monoisotopic (exact) mass is 164 g/mol. The summed E-state index contributed by atoms with van der Waals surface area (Å²) < 4.78 is 0. The van der Waals surface area contributed by atoms with E-state index in [0.717, 1.165) is 5.75 Å². The molecule has 0 aliphatic carbocycles. The van der Waals surface area contributed by atoms with Gasteiger partial charge in [0.15, 0.2) is 0 Å². The van der Waals surface area contributed by atoms with Gasteiger partial charge in [0, 0.05) is 11.0 Å². The first-order valence-corrected chi connectivity index (χ1v) is 4.65. The molecule has 2 radical (unpaired) electrons. The largest absolute Gasteiger partial charge is 0.154 e. The summed E-state index contributed by atoms with van der Waals surface area (Å²) in [7, 11) is 0. The Morgan fingerprint density at radius 1 is 1.18 bits per heavy atom. The third-order valence-electron chi connectivity index (χ3n) is 1.33. The summed E-state index contributed by atoms with van der Waals surface area (Å²) in [6.07, 6.45) is 0. The second kappa shape index (κ2) is 4.45. The summed E-state index contributed by atoms with van der Waals surface area (Å²) in [5.74, 6) is 1.01. The Morgan fingerprint density at radius 2 is 1.82 bits per heavy atom. The van der Waals surface area contributed by atoms with Gasteiger partial charge in [0.05, 0.1) is 0 Å². The third kappa shape index (κ3) is 3.47. The highest BCUT2D eigenvalue weighted by Gasteiger charge is 1.94. The number of benzene rings is 1. The molecule has 0 heterocycles. The molecule has 0 amide bonds. The SMILES string of the molecule is [CH2]C([CH2])SCc1ccccc1. The predicted octanol–water partition coefficient (Wildman–Crippen LogP) is 2.96. The Labute approximate surface area is 73.0 Å². The Morgan fingerprint density at radius 3 is 2.36 bits per heavy atom. The molecule has 11 heavy (non-hydrogen) atoms. The van der Waals surface area contributed by atoms with Crippen LogP contribution in [-0.4, -0.2) is 5.25 Å². The molecule has 0 saturated carbocycles. The van der Waals surface area contributed by atoms with Crippen molar-refractivity contribution in [2.75, 3.05) is 0 Å². The van der Waals surface area contributed by atoms with E-state index in [1.54, 1.807) is 11.8 Å². The number of hydrogen-bond donors (Lipinski definition) is 0. The van der Waals surface area contributed by atoms with E-state index in [1.807, 2.05) is 6.07 Å². The first-order valence-electron chi connectivity index (χ1n) is 3.61. The van der Waals surface area contributed by atoms with E-state index < -0.39 is 0 Å². The lowest BCUT2D eigenvalue weighted by atomic mass is 10.2. The van der Waals surface area contributed by atoms with Crippen molar-refractivity contribution in [3.63, 3.8) is 0 Å². The van der Waals surface area contributed by atoms with E-state index >= 15 is 0 Å².